The quantitative estimate of drug-likeness (QED) is 0.807. The Labute approximate surface area is 122 Å². The SMILES string of the molecule is CC(C)=C[C@@H]1[C@@H](C(=O)Nc2cc(C)cc(C)c2)C1(C)C. The molecule has 1 amide bonds. The fourth-order valence-electron chi connectivity index (χ4n) is 3.12. The smallest absolute Gasteiger partial charge is 0.228 e. The monoisotopic (exact) mass is 271 g/mol. The number of anilines is 1. The molecule has 2 atom stereocenters. The van der Waals surface area contributed by atoms with Crippen LogP contribution in [0.2, 0.25) is 0 Å². The van der Waals surface area contributed by atoms with Crippen molar-refractivity contribution in [1.82, 2.24) is 0 Å². The molecular formula is C18H25NO. The van der Waals surface area contributed by atoms with Crippen LogP contribution in [0.15, 0.2) is 29.8 Å². The number of carbonyl (C=O) groups excluding carboxylic acids is 1. The van der Waals surface area contributed by atoms with Crippen LogP contribution in [0.3, 0.4) is 0 Å². The van der Waals surface area contributed by atoms with E-state index in [1.807, 2.05) is 12.1 Å². The average molecular weight is 271 g/mol. The molecule has 108 valence electrons. The maximum Gasteiger partial charge on any atom is 0.228 e. The summed E-state index contributed by atoms with van der Waals surface area (Å²) in [5.74, 6) is 0.583. The highest BCUT2D eigenvalue weighted by atomic mass is 16.2. The summed E-state index contributed by atoms with van der Waals surface area (Å²) in [5, 5.41) is 3.08. The van der Waals surface area contributed by atoms with Crippen molar-refractivity contribution in [2.75, 3.05) is 5.32 Å². The molecule has 1 aromatic carbocycles. The van der Waals surface area contributed by atoms with Crippen molar-refractivity contribution in [2.24, 2.45) is 17.3 Å². The summed E-state index contributed by atoms with van der Waals surface area (Å²) in [6.07, 6.45) is 2.23. The van der Waals surface area contributed by atoms with Gasteiger partial charge in [0.2, 0.25) is 5.91 Å². The number of benzene rings is 1. The predicted octanol–water partition coefficient (Wildman–Crippen LogP) is 4.48. The van der Waals surface area contributed by atoms with Crippen LogP contribution in [0.5, 0.6) is 0 Å². The summed E-state index contributed by atoms with van der Waals surface area (Å²) in [7, 11) is 0. The van der Waals surface area contributed by atoms with Gasteiger partial charge in [0.05, 0.1) is 5.92 Å². The van der Waals surface area contributed by atoms with E-state index in [1.54, 1.807) is 0 Å². The molecule has 0 bridgehead atoms. The summed E-state index contributed by atoms with van der Waals surface area (Å²) in [6, 6.07) is 6.16. The molecule has 2 heteroatoms. The Bertz CT molecular complexity index is 545. The van der Waals surface area contributed by atoms with Crippen LogP contribution in [0.1, 0.15) is 38.8 Å². The van der Waals surface area contributed by atoms with E-state index in [1.165, 1.54) is 16.7 Å². The topological polar surface area (TPSA) is 29.1 Å². The number of amides is 1. The minimum atomic E-state index is 0.0697. The van der Waals surface area contributed by atoms with Gasteiger partial charge < -0.3 is 5.32 Å². The second-order valence-electron chi connectivity index (χ2n) is 6.93. The molecule has 1 N–H and O–H groups in total. The van der Waals surface area contributed by atoms with Gasteiger partial charge in [-0.1, -0.05) is 31.6 Å². The minimum absolute atomic E-state index is 0.0697. The van der Waals surface area contributed by atoms with E-state index < -0.39 is 0 Å². The van der Waals surface area contributed by atoms with Crippen LogP contribution in [0.4, 0.5) is 5.69 Å². The summed E-state index contributed by atoms with van der Waals surface area (Å²) in [4.78, 5) is 12.5. The first kappa shape index (κ1) is 14.8. The van der Waals surface area contributed by atoms with Crippen molar-refractivity contribution in [3.05, 3.63) is 41.0 Å². The predicted molar refractivity (Wildman–Crippen MR) is 84.7 cm³/mol. The van der Waals surface area contributed by atoms with Crippen LogP contribution < -0.4 is 5.32 Å². The molecule has 1 fully saturated rings. The molecule has 2 rings (SSSR count). The van der Waals surface area contributed by atoms with E-state index in [0.717, 1.165) is 5.69 Å². The molecule has 0 spiro atoms. The van der Waals surface area contributed by atoms with Crippen LogP contribution in [0.25, 0.3) is 0 Å². The highest BCUT2D eigenvalue weighted by Crippen LogP contribution is 2.59. The lowest BCUT2D eigenvalue weighted by molar-refractivity contribution is -0.118. The van der Waals surface area contributed by atoms with Crippen LogP contribution in [-0.2, 0) is 4.79 Å². The molecule has 1 saturated carbocycles. The van der Waals surface area contributed by atoms with Crippen LogP contribution in [0, 0.1) is 31.1 Å². The zero-order valence-corrected chi connectivity index (χ0v) is 13.4. The zero-order chi connectivity index (χ0) is 15.1. The fourth-order valence-corrected chi connectivity index (χ4v) is 3.12. The van der Waals surface area contributed by atoms with Gasteiger partial charge >= 0.3 is 0 Å². The maximum absolute atomic E-state index is 12.5. The van der Waals surface area contributed by atoms with Gasteiger partial charge in [-0.3, -0.25) is 4.79 Å². The number of nitrogens with one attached hydrogen (secondary N) is 1. The third-order valence-electron chi connectivity index (χ3n) is 4.20. The number of hydrogen-bond donors (Lipinski definition) is 1. The van der Waals surface area contributed by atoms with Crippen molar-refractivity contribution in [3.63, 3.8) is 0 Å². The molecule has 0 aromatic heterocycles. The average Bonchev–Trinajstić information content (AvgIpc) is 2.77. The first-order valence-corrected chi connectivity index (χ1v) is 7.26. The van der Waals surface area contributed by atoms with Gasteiger partial charge in [0.15, 0.2) is 0 Å². The Morgan fingerprint density at radius 1 is 1.15 bits per heavy atom. The summed E-state index contributed by atoms with van der Waals surface area (Å²) in [5.41, 5.74) is 4.61. The molecular weight excluding hydrogens is 246 g/mol. The molecule has 0 saturated heterocycles. The van der Waals surface area contributed by atoms with Crippen molar-refractivity contribution < 1.29 is 4.79 Å². The van der Waals surface area contributed by atoms with E-state index in [9.17, 15) is 4.79 Å². The van der Waals surface area contributed by atoms with E-state index in [2.05, 4.69) is 59.0 Å². The Balaban J connectivity index is 2.12. The van der Waals surface area contributed by atoms with E-state index in [0.29, 0.717) is 5.92 Å². The first-order chi connectivity index (χ1) is 9.21. The molecule has 0 unspecified atom stereocenters. The zero-order valence-electron chi connectivity index (χ0n) is 13.4. The Kier molecular flexibility index (Phi) is 3.77. The van der Waals surface area contributed by atoms with Crippen molar-refractivity contribution in [1.29, 1.82) is 0 Å². The standard InChI is InChI=1S/C18H25NO/c1-11(2)7-15-16(18(15,5)6)17(20)19-14-9-12(3)8-13(4)10-14/h7-10,15-16H,1-6H3,(H,19,20)/t15-,16+/m1/s1. The van der Waals surface area contributed by atoms with E-state index in [-0.39, 0.29) is 17.2 Å². The van der Waals surface area contributed by atoms with Gasteiger partial charge in [0, 0.05) is 5.69 Å². The third-order valence-corrected chi connectivity index (χ3v) is 4.20. The highest BCUT2D eigenvalue weighted by Gasteiger charge is 2.60. The number of hydrogen-bond acceptors (Lipinski definition) is 1. The normalized spacial score (nSPS) is 23.1. The molecule has 2 nitrogen and oxygen atoms in total. The van der Waals surface area contributed by atoms with Crippen molar-refractivity contribution in [3.8, 4) is 0 Å². The lowest BCUT2D eigenvalue weighted by Crippen LogP contribution is -2.17. The molecule has 1 aromatic rings. The second-order valence-corrected chi connectivity index (χ2v) is 6.93. The second kappa shape index (κ2) is 5.08. The van der Waals surface area contributed by atoms with Gasteiger partial charge in [-0.2, -0.15) is 0 Å². The van der Waals surface area contributed by atoms with Crippen LogP contribution >= 0.6 is 0 Å². The molecule has 20 heavy (non-hydrogen) atoms. The number of carbonyl (C=O) groups is 1. The van der Waals surface area contributed by atoms with Crippen molar-refractivity contribution >= 4 is 11.6 Å². The Morgan fingerprint density at radius 3 is 2.20 bits per heavy atom. The van der Waals surface area contributed by atoms with E-state index in [4.69, 9.17) is 0 Å². The largest absolute Gasteiger partial charge is 0.326 e. The number of rotatable bonds is 3. The van der Waals surface area contributed by atoms with Gasteiger partial charge in [-0.25, -0.2) is 0 Å². The molecule has 0 heterocycles. The molecule has 1 aliphatic rings. The van der Waals surface area contributed by atoms with Gasteiger partial charge in [-0.15, -0.1) is 0 Å². The summed E-state index contributed by atoms with van der Waals surface area (Å²) < 4.78 is 0. The van der Waals surface area contributed by atoms with Crippen molar-refractivity contribution in [2.45, 2.75) is 41.5 Å². The first-order valence-electron chi connectivity index (χ1n) is 7.26. The lowest BCUT2D eigenvalue weighted by Gasteiger charge is -2.08. The van der Waals surface area contributed by atoms with Gasteiger partial charge in [0.25, 0.3) is 0 Å². The number of aryl methyl sites for hydroxylation is 2. The Morgan fingerprint density at radius 2 is 1.70 bits per heavy atom. The lowest BCUT2D eigenvalue weighted by atomic mass is 10.1. The number of allylic oxidation sites excluding steroid dienone is 2. The van der Waals surface area contributed by atoms with Gasteiger partial charge in [-0.05, 0) is 62.3 Å². The molecule has 0 aliphatic heterocycles. The maximum atomic E-state index is 12.5. The highest BCUT2D eigenvalue weighted by molar-refractivity contribution is 5.95. The minimum Gasteiger partial charge on any atom is -0.326 e. The Hall–Kier alpha value is -1.57. The van der Waals surface area contributed by atoms with Crippen LogP contribution in [-0.4, -0.2) is 5.91 Å². The third kappa shape index (κ3) is 2.95. The summed E-state index contributed by atoms with van der Waals surface area (Å²) >= 11 is 0. The van der Waals surface area contributed by atoms with Gasteiger partial charge in [0.1, 0.15) is 0 Å². The molecule has 1 aliphatic carbocycles. The summed E-state index contributed by atoms with van der Waals surface area (Å²) in [6.45, 7) is 12.6. The van der Waals surface area contributed by atoms with E-state index >= 15 is 0 Å². The fraction of sp³-hybridized carbons (Fsp3) is 0.500. The molecule has 0 radical (unpaired) electrons.